The van der Waals surface area contributed by atoms with E-state index >= 15 is 0 Å². The molecule has 3 aromatic carbocycles. The first-order valence-corrected chi connectivity index (χ1v) is 11.2. The molecule has 0 radical (unpaired) electrons. The van der Waals surface area contributed by atoms with Gasteiger partial charge in [-0.25, -0.2) is 4.79 Å². The van der Waals surface area contributed by atoms with Gasteiger partial charge in [-0.05, 0) is 66.9 Å². The lowest BCUT2D eigenvalue weighted by molar-refractivity contribution is -0.121. The topological polar surface area (TPSA) is 93.7 Å². The van der Waals surface area contributed by atoms with Crippen LogP contribution in [0.3, 0.4) is 0 Å². The number of carbonyl (C=O) groups excluding carboxylic acids is 3. The van der Waals surface area contributed by atoms with E-state index in [1.165, 1.54) is 12.1 Å². The fourth-order valence-electron chi connectivity index (χ4n) is 3.07. The van der Waals surface area contributed by atoms with Crippen LogP contribution in [0.25, 0.3) is 0 Å². The molecule has 0 saturated heterocycles. The van der Waals surface area contributed by atoms with Crippen molar-refractivity contribution in [3.63, 3.8) is 0 Å². The molecule has 0 aliphatic carbocycles. The van der Waals surface area contributed by atoms with Gasteiger partial charge in [0.2, 0.25) is 5.91 Å². The van der Waals surface area contributed by atoms with E-state index in [9.17, 15) is 14.4 Å². The summed E-state index contributed by atoms with van der Waals surface area (Å²) in [5.74, 6) is -0.0794. The van der Waals surface area contributed by atoms with Crippen molar-refractivity contribution in [2.24, 2.45) is 0 Å². The Balaban J connectivity index is 1.45. The molecule has 0 aliphatic rings. The molecule has 0 bridgehead atoms. The fourth-order valence-corrected chi connectivity index (χ4v) is 3.30. The van der Waals surface area contributed by atoms with Crippen LogP contribution in [0.4, 0.5) is 10.5 Å². The number of halogens is 1. The zero-order chi connectivity index (χ0) is 24.3. The molecule has 34 heavy (non-hydrogen) atoms. The molecule has 0 heterocycles. The number of hydrogen-bond donors (Lipinski definition) is 2. The molecule has 2 amide bonds. The molecule has 7 nitrogen and oxygen atoms in total. The van der Waals surface area contributed by atoms with Crippen LogP contribution in [0.2, 0.25) is 5.02 Å². The Morgan fingerprint density at radius 3 is 2.29 bits per heavy atom. The summed E-state index contributed by atoms with van der Waals surface area (Å²) < 4.78 is 9.68. The quantitative estimate of drug-likeness (QED) is 0.317. The molecule has 3 rings (SSSR count). The van der Waals surface area contributed by atoms with Crippen LogP contribution in [-0.4, -0.2) is 24.6 Å². The van der Waals surface area contributed by atoms with E-state index in [1.807, 2.05) is 36.4 Å². The van der Waals surface area contributed by atoms with Gasteiger partial charge in [0.1, 0.15) is 5.75 Å². The van der Waals surface area contributed by atoms with Crippen LogP contribution < -0.4 is 15.4 Å². The van der Waals surface area contributed by atoms with Crippen LogP contribution in [0.5, 0.6) is 5.75 Å². The Bertz CT molecular complexity index is 1130. The molecule has 0 spiro atoms. The second-order valence-electron chi connectivity index (χ2n) is 7.33. The predicted octanol–water partition coefficient (Wildman–Crippen LogP) is 5.38. The average Bonchev–Trinajstić information content (AvgIpc) is 2.83. The van der Waals surface area contributed by atoms with Gasteiger partial charge in [0, 0.05) is 29.2 Å². The van der Waals surface area contributed by atoms with Crippen molar-refractivity contribution in [2.45, 2.75) is 26.3 Å². The number of anilines is 1. The van der Waals surface area contributed by atoms with Crippen molar-refractivity contribution < 1.29 is 23.9 Å². The van der Waals surface area contributed by atoms with E-state index in [1.54, 1.807) is 31.2 Å². The van der Waals surface area contributed by atoms with Gasteiger partial charge in [-0.2, -0.15) is 0 Å². The molecule has 2 N–H and O–H groups in total. The number of rotatable bonds is 9. The predicted molar refractivity (Wildman–Crippen MR) is 130 cm³/mol. The maximum atomic E-state index is 12.5. The molecule has 0 saturated carbocycles. The highest BCUT2D eigenvalue weighted by molar-refractivity contribution is 6.31. The van der Waals surface area contributed by atoms with Crippen molar-refractivity contribution in [1.82, 2.24) is 5.32 Å². The lowest BCUT2D eigenvalue weighted by atomic mass is 10.1. The molecule has 176 valence electrons. The SMILES string of the molecule is CCOC(=O)Oc1ccc(C(=O)Nc2ccc(CNC(=O)CCc3ccccc3Cl)cc2)cc1. The first-order chi connectivity index (χ1) is 16.4. The van der Waals surface area contributed by atoms with Crippen molar-refractivity contribution in [3.8, 4) is 5.75 Å². The highest BCUT2D eigenvalue weighted by atomic mass is 35.5. The molecular formula is C26H25ClN2O5. The summed E-state index contributed by atoms with van der Waals surface area (Å²) in [6, 6.07) is 20.8. The smallest absolute Gasteiger partial charge is 0.434 e. The maximum absolute atomic E-state index is 12.5. The minimum absolute atomic E-state index is 0.0623. The van der Waals surface area contributed by atoms with E-state index in [4.69, 9.17) is 21.1 Å². The molecule has 0 atom stereocenters. The summed E-state index contributed by atoms with van der Waals surface area (Å²) in [4.78, 5) is 35.9. The van der Waals surface area contributed by atoms with E-state index in [2.05, 4.69) is 10.6 Å². The van der Waals surface area contributed by atoms with E-state index in [-0.39, 0.29) is 24.2 Å². The van der Waals surface area contributed by atoms with Gasteiger partial charge in [-0.15, -0.1) is 0 Å². The number of benzene rings is 3. The zero-order valence-electron chi connectivity index (χ0n) is 18.7. The van der Waals surface area contributed by atoms with Crippen LogP contribution in [0.1, 0.15) is 34.8 Å². The van der Waals surface area contributed by atoms with Gasteiger partial charge >= 0.3 is 6.16 Å². The molecule has 0 aliphatic heterocycles. The van der Waals surface area contributed by atoms with E-state index < -0.39 is 6.16 Å². The Morgan fingerprint density at radius 1 is 0.912 bits per heavy atom. The highest BCUT2D eigenvalue weighted by Crippen LogP contribution is 2.17. The average molecular weight is 481 g/mol. The lowest BCUT2D eigenvalue weighted by Gasteiger charge is -2.09. The molecule has 0 fully saturated rings. The summed E-state index contributed by atoms with van der Waals surface area (Å²) in [7, 11) is 0. The number of ether oxygens (including phenoxy) is 2. The van der Waals surface area contributed by atoms with Gasteiger partial charge in [0.25, 0.3) is 5.91 Å². The third-order valence-corrected chi connectivity index (χ3v) is 5.23. The summed E-state index contributed by atoms with van der Waals surface area (Å²) in [6.45, 7) is 2.28. The Hall–Kier alpha value is -3.84. The lowest BCUT2D eigenvalue weighted by Crippen LogP contribution is -2.23. The van der Waals surface area contributed by atoms with Crippen LogP contribution in [-0.2, 0) is 22.5 Å². The number of hydrogen-bond acceptors (Lipinski definition) is 5. The number of amides is 2. The highest BCUT2D eigenvalue weighted by Gasteiger charge is 2.09. The first kappa shape index (κ1) is 24.8. The van der Waals surface area contributed by atoms with Crippen LogP contribution in [0, 0.1) is 0 Å². The van der Waals surface area contributed by atoms with Crippen molar-refractivity contribution in [2.75, 3.05) is 11.9 Å². The number of nitrogens with one attached hydrogen (secondary N) is 2. The molecule has 3 aromatic rings. The summed E-state index contributed by atoms with van der Waals surface area (Å²) >= 11 is 6.12. The van der Waals surface area contributed by atoms with Gasteiger partial charge in [0.15, 0.2) is 0 Å². The summed E-state index contributed by atoms with van der Waals surface area (Å²) in [6.07, 6.45) is 0.130. The monoisotopic (exact) mass is 480 g/mol. The van der Waals surface area contributed by atoms with Gasteiger partial charge in [0.05, 0.1) is 6.61 Å². The minimum Gasteiger partial charge on any atom is -0.434 e. The third kappa shape index (κ3) is 7.64. The minimum atomic E-state index is -0.795. The van der Waals surface area contributed by atoms with Crippen molar-refractivity contribution >= 4 is 35.3 Å². The second-order valence-corrected chi connectivity index (χ2v) is 7.74. The van der Waals surface area contributed by atoms with Crippen molar-refractivity contribution in [1.29, 1.82) is 0 Å². The first-order valence-electron chi connectivity index (χ1n) is 10.8. The summed E-state index contributed by atoms with van der Waals surface area (Å²) in [5, 5.41) is 6.35. The number of aryl methyl sites for hydroxylation is 1. The third-order valence-electron chi connectivity index (χ3n) is 4.86. The fraction of sp³-hybridized carbons (Fsp3) is 0.192. The molecule has 0 unspecified atom stereocenters. The van der Waals surface area contributed by atoms with Gasteiger partial charge in [-0.1, -0.05) is 41.9 Å². The van der Waals surface area contributed by atoms with Crippen LogP contribution in [0.15, 0.2) is 72.8 Å². The standard InChI is InChI=1S/C26H25ClN2O5/c1-2-33-26(32)34-22-14-9-20(10-15-22)25(31)29-21-12-7-18(8-13-21)17-28-24(30)16-11-19-5-3-4-6-23(19)27/h3-10,12-15H,2,11,16-17H2,1H3,(H,28,30)(H,29,31). The molecule has 0 aromatic heterocycles. The van der Waals surface area contributed by atoms with Crippen LogP contribution >= 0.6 is 11.6 Å². The maximum Gasteiger partial charge on any atom is 0.513 e. The van der Waals surface area contributed by atoms with Gasteiger partial charge < -0.3 is 20.1 Å². The Labute approximate surface area is 203 Å². The molecular weight excluding hydrogens is 456 g/mol. The van der Waals surface area contributed by atoms with Gasteiger partial charge in [-0.3, -0.25) is 9.59 Å². The van der Waals surface area contributed by atoms with E-state index in [0.717, 1.165) is 11.1 Å². The summed E-state index contributed by atoms with van der Waals surface area (Å²) in [5.41, 5.74) is 2.88. The largest absolute Gasteiger partial charge is 0.513 e. The van der Waals surface area contributed by atoms with E-state index in [0.29, 0.717) is 35.7 Å². The Morgan fingerprint density at radius 2 is 1.62 bits per heavy atom. The van der Waals surface area contributed by atoms with Crippen molar-refractivity contribution in [3.05, 3.63) is 94.5 Å². The Kier molecular flexibility index (Phi) is 9.05. The normalized spacial score (nSPS) is 10.3. The second kappa shape index (κ2) is 12.4. The number of carbonyl (C=O) groups is 3. The zero-order valence-corrected chi connectivity index (χ0v) is 19.4. The molecule has 8 heteroatoms.